The minimum absolute atomic E-state index is 0.0680. The predicted octanol–water partition coefficient (Wildman–Crippen LogP) is 4.91. The van der Waals surface area contributed by atoms with Crippen LogP contribution in [0.1, 0.15) is 79.1 Å². The Kier molecular flexibility index (Phi) is 11.6. The Balaban J connectivity index is 2.49. The number of unbranched alkanes of at least 4 members (excludes halogenated alkanes) is 2. The maximum absolute atomic E-state index is 12.3. The molecule has 1 saturated carbocycles. The number of carbonyl (C=O) groups is 3. The molecule has 0 N–H and O–H groups in total. The predicted molar refractivity (Wildman–Crippen MR) is 116 cm³/mol. The molecule has 0 bridgehead atoms. The van der Waals surface area contributed by atoms with E-state index >= 15 is 0 Å². The highest BCUT2D eigenvalue weighted by Gasteiger charge is 2.32. The maximum atomic E-state index is 12.3. The van der Waals surface area contributed by atoms with Gasteiger partial charge < -0.3 is 14.2 Å². The van der Waals surface area contributed by atoms with E-state index in [2.05, 4.69) is 37.7 Å². The van der Waals surface area contributed by atoms with Crippen molar-refractivity contribution in [2.75, 3.05) is 13.7 Å². The molecule has 1 aliphatic rings. The lowest BCUT2D eigenvalue weighted by Gasteiger charge is -2.24. The third-order valence-corrected chi connectivity index (χ3v) is 5.28. The fourth-order valence-corrected chi connectivity index (χ4v) is 3.67. The van der Waals surface area contributed by atoms with E-state index in [-0.39, 0.29) is 17.3 Å². The van der Waals surface area contributed by atoms with Crippen molar-refractivity contribution in [3.05, 3.63) is 24.0 Å². The van der Waals surface area contributed by atoms with Gasteiger partial charge in [0.05, 0.1) is 12.7 Å². The zero-order valence-corrected chi connectivity index (χ0v) is 19.2. The fraction of sp³-hybridized carbons (Fsp3) is 0.708. The highest BCUT2D eigenvalue weighted by atomic mass is 16.6. The molecule has 0 aromatic rings. The smallest absolute Gasteiger partial charge is 0.373 e. The van der Waals surface area contributed by atoms with Crippen LogP contribution in [0.3, 0.4) is 0 Å². The van der Waals surface area contributed by atoms with Gasteiger partial charge in [-0.3, -0.25) is 9.59 Å². The van der Waals surface area contributed by atoms with E-state index in [0.717, 1.165) is 45.1 Å². The SMILES string of the molecule is CCCOC(C)(C)C/C=C/[C@H]1CCC(=O)[C@@H]1CCCC/C=C(\OC(C)=O)C(=O)OC. The number of carbonyl (C=O) groups excluding carboxylic acids is 3. The van der Waals surface area contributed by atoms with Crippen molar-refractivity contribution in [2.45, 2.75) is 84.7 Å². The van der Waals surface area contributed by atoms with Crippen LogP contribution in [0.25, 0.3) is 0 Å². The molecule has 170 valence electrons. The van der Waals surface area contributed by atoms with Gasteiger partial charge in [0.1, 0.15) is 5.78 Å². The van der Waals surface area contributed by atoms with Crippen LogP contribution in [-0.4, -0.2) is 37.0 Å². The van der Waals surface area contributed by atoms with Gasteiger partial charge >= 0.3 is 11.9 Å². The molecule has 0 spiro atoms. The molecular weight excluding hydrogens is 384 g/mol. The van der Waals surface area contributed by atoms with Crippen molar-refractivity contribution >= 4 is 17.7 Å². The van der Waals surface area contributed by atoms with Crippen molar-refractivity contribution in [2.24, 2.45) is 11.8 Å². The Morgan fingerprint density at radius 2 is 1.97 bits per heavy atom. The molecule has 30 heavy (non-hydrogen) atoms. The largest absolute Gasteiger partial charge is 0.463 e. The summed E-state index contributed by atoms with van der Waals surface area (Å²) in [5.41, 5.74) is -0.184. The molecule has 1 aliphatic carbocycles. The molecule has 0 aromatic heterocycles. The van der Waals surface area contributed by atoms with Crippen LogP contribution in [-0.2, 0) is 28.6 Å². The molecule has 0 unspecified atom stereocenters. The summed E-state index contributed by atoms with van der Waals surface area (Å²) >= 11 is 0. The van der Waals surface area contributed by atoms with E-state index < -0.39 is 11.9 Å². The molecule has 6 heteroatoms. The van der Waals surface area contributed by atoms with Gasteiger partial charge in [0.15, 0.2) is 0 Å². The number of hydrogen-bond acceptors (Lipinski definition) is 6. The molecule has 0 radical (unpaired) electrons. The molecule has 0 heterocycles. The minimum Gasteiger partial charge on any atom is -0.463 e. The van der Waals surface area contributed by atoms with Crippen LogP contribution in [0.15, 0.2) is 24.0 Å². The van der Waals surface area contributed by atoms with Crippen LogP contribution < -0.4 is 0 Å². The average molecular weight is 423 g/mol. The fourth-order valence-electron chi connectivity index (χ4n) is 3.67. The maximum Gasteiger partial charge on any atom is 0.373 e. The van der Waals surface area contributed by atoms with E-state index in [4.69, 9.17) is 9.47 Å². The van der Waals surface area contributed by atoms with Gasteiger partial charge in [-0.15, -0.1) is 0 Å². The van der Waals surface area contributed by atoms with Gasteiger partial charge in [0.25, 0.3) is 0 Å². The number of ketones is 1. The van der Waals surface area contributed by atoms with Crippen LogP contribution in [0.5, 0.6) is 0 Å². The molecule has 1 fully saturated rings. The number of esters is 2. The molecule has 0 saturated heterocycles. The Bertz CT molecular complexity index is 632. The first-order valence-corrected chi connectivity index (χ1v) is 11.0. The van der Waals surface area contributed by atoms with Gasteiger partial charge in [-0.2, -0.15) is 0 Å². The van der Waals surface area contributed by atoms with Gasteiger partial charge in [-0.1, -0.05) is 25.5 Å². The normalized spacial score (nSPS) is 20.0. The van der Waals surface area contributed by atoms with Gasteiger partial charge in [0, 0.05) is 25.9 Å². The summed E-state index contributed by atoms with van der Waals surface area (Å²) in [6.07, 6.45) is 12.4. The molecule has 0 aliphatic heterocycles. The number of rotatable bonds is 13. The summed E-state index contributed by atoms with van der Waals surface area (Å²) in [4.78, 5) is 35.0. The summed E-state index contributed by atoms with van der Waals surface area (Å²) in [5.74, 6) is -0.582. The lowest BCUT2D eigenvalue weighted by atomic mass is 9.89. The quantitative estimate of drug-likeness (QED) is 0.138. The summed E-state index contributed by atoms with van der Waals surface area (Å²) in [7, 11) is 1.25. The van der Waals surface area contributed by atoms with Crippen molar-refractivity contribution in [1.82, 2.24) is 0 Å². The van der Waals surface area contributed by atoms with E-state index in [0.29, 0.717) is 24.5 Å². The van der Waals surface area contributed by atoms with Crippen molar-refractivity contribution in [3.63, 3.8) is 0 Å². The van der Waals surface area contributed by atoms with E-state index in [1.54, 1.807) is 6.08 Å². The monoisotopic (exact) mass is 422 g/mol. The Hall–Kier alpha value is -1.95. The Labute approximate surface area is 181 Å². The second-order valence-corrected chi connectivity index (χ2v) is 8.45. The molecule has 2 atom stereocenters. The van der Waals surface area contributed by atoms with Gasteiger partial charge in [-0.25, -0.2) is 4.79 Å². The second kappa shape index (κ2) is 13.4. The number of allylic oxidation sites excluding steroid dienone is 2. The second-order valence-electron chi connectivity index (χ2n) is 8.45. The summed E-state index contributed by atoms with van der Waals surface area (Å²) in [6.45, 7) is 8.29. The highest BCUT2D eigenvalue weighted by Crippen LogP contribution is 2.34. The van der Waals surface area contributed by atoms with Crippen LogP contribution >= 0.6 is 0 Å². The van der Waals surface area contributed by atoms with Crippen molar-refractivity contribution in [1.29, 1.82) is 0 Å². The minimum atomic E-state index is -0.660. The molecule has 0 aromatic carbocycles. The highest BCUT2D eigenvalue weighted by molar-refractivity contribution is 5.89. The Morgan fingerprint density at radius 1 is 1.23 bits per heavy atom. The summed E-state index contributed by atoms with van der Waals surface area (Å²) < 4.78 is 15.4. The molecular formula is C24H38O6. The first-order valence-electron chi connectivity index (χ1n) is 11.0. The van der Waals surface area contributed by atoms with Crippen LogP contribution in [0.2, 0.25) is 0 Å². The lowest BCUT2D eigenvalue weighted by molar-refractivity contribution is -0.148. The number of hydrogen-bond donors (Lipinski definition) is 0. The van der Waals surface area contributed by atoms with Crippen LogP contribution in [0.4, 0.5) is 0 Å². The van der Waals surface area contributed by atoms with Crippen molar-refractivity contribution in [3.8, 4) is 0 Å². The topological polar surface area (TPSA) is 78.9 Å². The third-order valence-electron chi connectivity index (χ3n) is 5.28. The zero-order chi connectivity index (χ0) is 22.6. The van der Waals surface area contributed by atoms with Gasteiger partial charge in [0.2, 0.25) is 5.76 Å². The first kappa shape index (κ1) is 26.1. The zero-order valence-electron chi connectivity index (χ0n) is 19.2. The van der Waals surface area contributed by atoms with E-state index in [9.17, 15) is 14.4 Å². The molecule has 0 amide bonds. The molecule has 6 nitrogen and oxygen atoms in total. The number of methoxy groups -OCH3 is 1. The van der Waals surface area contributed by atoms with Gasteiger partial charge in [-0.05, 0) is 64.4 Å². The van der Waals surface area contributed by atoms with E-state index in [1.807, 2.05) is 0 Å². The first-order chi connectivity index (χ1) is 14.2. The molecule has 1 rings (SSSR count). The van der Waals surface area contributed by atoms with E-state index in [1.165, 1.54) is 14.0 Å². The summed E-state index contributed by atoms with van der Waals surface area (Å²) in [6, 6.07) is 0. The lowest BCUT2D eigenvalue weighted by Crippen LogP contribution is -2.24. The third kappa shape index (κ3) is 9.70. The standard InChI is InChI=1S/C24H38O6/c1-6-17-29-24(3,4)16-10-11-19-14-15-21(26)20(19)12-8-7-9-13-22(23(27)28-5)30-18(2)25/h10-11,13,19-20H,6-9,12,14-17H2,1-5H3/b11-10+,22-13-/t19-,20+/m0/s1. The summed E-state index contributed by atoms with van der Waals surface area (Å²) in [5, 5.41) is 0. The number of ether oxygens (including phenoxy) is 3. The number of Topliss-reactive ketones (excluding diaryl/α,β-unsaturated/α-hetero) is 1. The Morgan fingerprint density at radius 3 is 2.60 bits per heavy atom. The average Bonchev–Trinajstić information content (AvgIpc) is 3.04. The van der Waals surface area contributed by atoms with Crippen molar-refractivity contribution < 1.29 is 28.6 Å². The van der Waals surface area contributed by atoms with Crippen LogP contribution in [0, 0.1) is 11.8 Å².